The Morgan fingerprint density at radius 1 is 1.19 bits per heavy atom. The van der Waals surface area contributed by atoms with E-state index in [2.05, 4.69) is 45.4 Å². The summed E-state index contributed by atoms with van der Waals surface area (Å²) >= 11 is -1.72. The Kier molecular flexibility index (Phi) is 6.76. The van der Waals surface area contributed by atoms with Gasteiger partial charge in [-0.1, -0.05) is 0 Å². The number of alkyl halides is 2. The zero-order valence-corrected chi connectivity index (χ0v) is 21.3. The van der Waals surface area contributed by atoms with Gasteiger partial charge in [-0.25, -0.2) is 4.39 Å². The van der Waals surface area contributed by atoms with Gasteiger partial charge in [0.1, 0.15) is 5.82 Å². The van der Waals surface area contributed by atoms with E-state index in [4.69, 9.17) is 0 Å². The molecule has 5 rings (SSSR count). The first-order valence-corrected chi connectivity index (χ1v) is 14.9. The number of hydrogen-bond donors (Lipinski definition) is 3. The Morgan fingerprint density at radius 3 is 2.75 bits per heavy atom. The number of nitrogens with zero attached hydrogens (tertiary/aromatic N) is 3. The van der Waals surface area contributed by atoms with Crippen LogP contribution in [-0.2, 0) is 6.54 Å². The average Bonchev–Trinajstić information content (AvgIpc) is 3.50. The van der Waals surface area contributed by atoms with Crippen LogP contribution < -0.4 is 16.4 Å². The van der Waals surface area contributed by atoms with Crippen molar-refractivity contribution in [3.63, 3.8) is 0 Å². The van der Waals surface area contributed by atoms with Gasteiger partial charge in [-0.2, -0.15) is 0 Å². The summed E-state index contributed by atoms with van der Waals surface area (Å²) < 4.78 is 20.6. The number of halogens is 2. The standard InChI is InChI=1S/C24H22FIN6O4/c1-13-8-14(2-4-17(13)25)11-27-22(33)18-10-19(29-12-28-18)23(34)30-20-5-3-16-9-15(6-7-26(16)20)21-31-24(35)36-32-21/h2,4,6-10,12,16,20H,3,5,11H2,1H3,(H,27,33)(H,30,34)(H,31,32,35). The van der Waals surface area contributed by atoms with Gasteiger partial charge in [0.2, 0.25) is 0 Å². The van der Waals surface area contributed by atoms with E-state index in [0.717, 1.165) is 24.0 Å². The molecule has 1 aromatic carbocycles. The number of allylic oxidation sites excluding steroid dienone is 3. The Hall–Kier alpha value is -3.68. The third-order valence-electron chi connectivity index (χ3n) is 5.88. The van der Waals surface area contributed by atoms with Gasteiger partial charge in [-0.15, -0.1) is 0 Å². The number of aromatic nitrogens is 4. The number of rotatable bonds is 6. The van der Waals surface area contributed by atoms with Crippen LogP contribution in [0.3, 0.4) is 0 Å². The van der Waals surface area contributed by atoms with E-state index in [1.807, 2.05) is 6.08 Å². The molecular formula is C24H22FIN6O4. The van der Waals surface area contributed by atoms with Gasteiger partial charge < -0.3 is 0 Å². The molecule has 0 spiro atoms. The molecule has 2 atom stereocenters. The summed E-state index contributed by atoms with van der Waals surface area (Å²) in [6, 6.07) is 5.99. The van der Waals surface area contributed by atoms with Gasteiger partial charge >= 0.3 is 195 Å². The number of carbonyl (C=O) groups is 2. The van der Waals surface area contributed by atoms with Crippen molar-refractivity contribution in [3.05, 3.63) is 91.5 Å². The van der Waals surface area contributed by atoms with Crippen molar-refractivity contribution >= 4 is 37.2 Å². The number of aromatic amines is 1. The molecule has 12 heteroatoms. The number of fused-ring (bicyclic) bond motifs is 1. The van der Waals surface area contributed by atoms with Crippen LogP contribution in [0.15, 0.2) is 56.1 Å². The molecule has 10 nitrogen and oxygen atoms in total. The van der Waals surface area contributed by atoms with Crippen molar-refractivity contribution in [2.24, 2.45) is 0 Å². The Balaban J connectivity index is 1.21. The predicted octanol–water partition coefficient (Wildman–Crippen LogP) is 2.87. The third-order valence-corrected chi connectivity index (χ3v) is 12.6. The van der Waals surface area contributed by atoms with Crippen molar-refractivity contribution in [3.8, 4) is 0 Å². The fourth-order valence-corrected chi connectivity index (χ4v) is 10.6. The Bertz CT molecular complexity index is 1450. The molecular weight excluding hydrogens is 582 g/mol. The second kappa shape index (κ2) is 10.1. The summed E-state index contributed by atoms with van der Waals surface area (Å²) in [7, 11) is 0. The molecule has 2 amide bonds. The second-order valence-corrected chi connectivity index (χ2v) is 14.3. The molecule has 0 bridgehead atoms. The fourth-order valence-electron chi connectivity index (χ4n) is 4.04. The maximum absolute atomic E-state index is 13.4. The summed E-state index contributed by atoms with van der Waals surface area (Å²) in [6.07, 6.45) is 6.97. The smallest absolute Gasteiger partial charge is 0.207 e. The van der Waals surface area contributed by atoms with Crippen LogP contribution in [0.25, 0.3) is 5.57 Å². The van der Waals surface area contributed by atoms with Crippen LogP contribution in [0.5, 0.6) is 0 Å². The number of nitrogens with one attached hydrogen (secondary N) is 3. The molecule has 1 saturated heterocycles. The van der Waals surface area contributed by atoms with Gasteiger partial charge in [0.25, 0.3) is 0 Å². The van der Waals surface area contributed by atoms with E-state index in [0.29, 0.717) is 15.3 Å². The topological polar surface area (TPSA) is 143 Å². The Labute approximate surface area is 211 Å². The summed E-state index contributed by atoms with van der Waals surface area (Å²) in [4.78, 5) is 47.4. The molecule has 1 fully saturated rings. The quantitative estimate of drug-likeness (QED) is 0.223. The van der Waals surface area contributed by atoms with Crippen molar-refractivity contribution in [2.75, 3.05) is 0 Å². The minimum absolute atomic E-state index is 0.0473. The summed E-state index contributed by atoms with van der Waals surface area (Å²) in [5.41, 5.74) is 2.25. The summed E-state index contributed by atoms with van der Waals surface area (Å²) in [5, 5.41) is 9.57. The first kappa shape index (κ1) is 24.0. The average molecular weight is 604 g/mol. The van der Waals surface area contributed by atoms with Crippen molar-refractivity contribution in [2.45, 2.75) is 34.3 Å². The van der Waals surface area contributed by atoms with Crippen LogP contribution >= 0.6 is 19.8 Å². The van der Waals surface area contributed by atoms with Gasteiger partial charge in [0, 0.05) is 0 Å². The molecule has 4 heterocycles. The van der Waals surface area contributed by atoms with Crippen LogP contribution in [0.1, 0.15) is 50.8 Å². The van der Waals surface area contributed by atoms with Crippen molar-refractivity contribution in [1.82, 2.24) is 30.7 Å². The summed E-state index contributed by atoms with van der Waals surface area (Å²) in [6.45, 7) is 1.86. The molecule has 186 valence electrons. The second-order valence-electron chi connectivity index (χ2n) is 8.33. The van der Waals surface area contributed by atoms with E-state index >= 15 is 0 Å². The van der Waals surface area contributed by atoms with Crippen molar-refractivity contribution < 1.29 is 18.5 Å². The van der Waals surface area contributed by atoms with Gasteiger partial charge in [-0.05, 0) is 6.92 Å². The van der Waals surface area contributed by atoms with E-state index in [1.54, 1.807) is 19.1 Å². The van der Waals surface area contributed by atoms with Gasteiger partial charge in [0.05, 0.1) is 0 Å². The molecule has 2 unspecified atom stereocenters. The normalized spacial score (nSPS) is 19.5. The number of aryl methyl sites for hydroxylation is 1. The number of H-pyrrole nitrogens is 1. The molecule has 0 saturated carbocycles. The molecule has 2 aliphatic rings. The molecule has 2 aromatic heterocycles. The molecule has 0 aliphatic carbocycles. The van der Waals surface area contributed by atoms with Crippen LogP contribution in [0.2, 0.25) is 0 Å². The van der Waals surface area contributed by atoms with Crippen LogP contribution in [0.4, 0.5) is 4.39 Å². The molecule has 36 heavy (non-hydrogen) atoms. The van der Waals surface area contributed by atoms with Gasteiger partial charge in [-0.3, -0.25) is 0 Å². The number of amides is 2. The molecule has 3 N–H and O–H groups in total. The van der Waals surface area contributed by atoms with Crippen LogP contribution in [-0.4, -0.2) is 39.9 Å². The molecule has 2 aliphatic heterocycles. The summed E-state index contributed by atoms with van der Waals surface area (Å²) in [5.74, 6) is -1.31. The zero-order valence-electron chi connectivity index (χ0n) is 19.1. The number of benzene rings is 1. The zero-order chi connectivity index (χ0) is 25.2. The van der Waals surface area contributed by atoms with Gasteiger partial charge in [0.15, 0.2) is 0 Å². The first-order valence-electron chi connectivity index (χ1n) is 11.2. The first-order chi connectivity index (χ1) is 17.4. The minimum Gasteiger partial charge on any atom is -0.207 e. The maximum atomic E-state index is 13.4. The fraction of sp³-hybridized carbons (Fsp3) is 0.250. The monoisotopic (exact) mass is 604 g/mol. The SMILES string of the molecule is Cc1cc(CNC(=O)c2cc(C(=O)NC3CCC4C=C(c5noc(=O)[nH]5)C=CI43)ncn2)ccc1F. The Morgan fingerprint density at radius 2 is 2.00 bits per heavy atom. The van der Waals surface area contributed by atoms with E-state index in [1.165, 1.54) is 18.5 Å². The van der Waals surface area contributed by atoms with E-state index < -0.39 is 31.5 Å². The van der Waals surface area contributed by atoms with E-state index in [-0.39, 0.29) is 33.7 Å². The number of hydrogen-bond acceptors (Lipinski definition) is 7. The van der Waals surface area contributed by atoms with Crippen molar-refractivity contribution in [1.29, 1.82) is 0 Å². The molecule has 0 radical (unpaired) electrons. The predicted molar refractivity (Wildman–Crippen MR) is 137 cm³/mol. The number of carbonyl (C=O) groups excluding carboxylic acids is 2. The van der Waals surface area contributed by atoms with E-state index in [9.17, 15) is 18.8 Å². The minimum atomic E-state index is -1.72. The molecule has 3 aromatic rings. The van der Waals surface area contributed by atoms with Crippen LogP contribution in [0, 0.1) is 12.7 Å². The third kappa shape index (κ3) is 5.12.